The Morgan fingerprint density at radius 1 is 1.43 bits per heavy atom. The number of sulfonamides is 1. The molecule has 0 aliphatic heterocycles. The normalized spacial score (nSPS) is 23.4. The first-order valence-electron chi connectivity index (χ1n) is 7.22. The topological polar surface area (TPSA) is 75.6 Å². The fourth-order valence-electron chi connectivity index (χ4n) is 2.73. The van der Waals surface area contributed by atoms with Crippen molar-refractivity contribution in [3.8, 4) is 5.75 Å². The molecular weight excluding hydrogens is 290 g/mol. The first kappa shape index (κ1) is 16.3. The van der Waals surface area contributed by atoms with Crippen LogP contribution in [0.5, 0.6) is 5.75 Å². The van der Waals surface area contributed by atoms with Crippen molar-refractivity contribution in [2.75, 3.05) is 7.11 Å². The molecule has 0 radical (unpaired) electrons. The van der Waals surface area contributed by atoms with Gasteiger partial charge in [-0.25, -0.2) is 13.1 Å². The van der Waals surface area contributed by atoms with Crippen LogP contribution in [-0.2, 0) is 10.0 Å². The average Bonchev–Trinajstić information content (AvgIpc) is 2.41. The predicted molar refractivity (Wildman–Crippen MR) is 80.9 cm³/mol. The third kappa shape index (κ3) is 3.56. The van der Waals surface area contributed by atoms with Crippen LogP contribution in [-0.4, -0.2) is 32.8 Å². The lowest BCUT2D eigenvalue weighted by Gasteiger charge is -2.37. The second-order valence-electron chi connectivity index (χ2n) is 5.68. The first-order chi connectivity index (χ1) is 9.87. The predicted octanol–water partition coefficient (Wildman–Crippen LogP) is 1.83. The fraction of sp³-hybridized carbons (Fsp3) is 0.600. The zero-order chi connectivity index (χ0) is 15.6. The van der Waals surface area contributed by atoms with Gasteiger partial charge < -0.3 is 9.84 Å². The van der Waals surface area contributed by atoms with E-state index in [9.17, 15) is 13.5 Å². The van der Waals surface area contributed by atoms with Crippen molar-refractivity contribution in [1.82, 2.24) is 4.72 Å². The molecule has 0 aromatic heterocycles. The van der Waals surface area contributed by atoms with Crippen LogP contribution in [0.3, 0.4) is 0 Å². The maximum absolute atomic E-state index is 12.6. The van der Waals surface area contributed by atoms with Gasteiger partial charge in [0.05, 0.1) is 13.2 Å². The molecule has 6 heteroatoms. The molecule has 2 rings (SSSR count). The molecule has 1 aromatic rings. The number of nitrogens with one attached hydrogen (secondary N) is 1. The molecule has 0 unspecified atom stereocenters. The molecule has 1 aliphatic rings. The summed E-state index contributed by atoms with van der Waals surface area (Å²) in [6.07, 6.45) is 1.73. The second kappa shape index (κ2) is 6.34. The van der Waals surface area contributed by atoms with Crippen LogP contribution >= 0.6 is 0 Å². The standard InChI is InChI=1S/C15H23NO4S/c1-4-13(11-8-12(17)9-11)16-21(18,19)15-6-5-10(2)7-14(15)20-3/h5-7,11-13,16-17H,4,8-9H2,1-3H3/t11?,12?,13-/m0/s1. The van der Waals surface area contributed by atoms with Crippen molar-refractivity contribution in [2.24, 2.45) is 5.92 Å². The number of rotatable bonds is 6. The zero-order valence-corrected chi connectivity index (χ0v) is 13.5. The molecule has 0 bridgehead atoms. The van der Waals surface area contributed by atoms with Gasteiger partial charge in [-0.15, -0.1) is 0 Å². The van der Waals surface area contributed by atoms with Gasteiger partial charge in [0.15, 0.2) is 0 Å². The van der Waals surface area contributed by atoms with Gasteiger partial charge in [-0.1, -0.05) is 13.0 Å². The molecule has 1 fully saturated rings. The van der Waals surface area contributed by atoms with Gasteiger partial charge in [0.1, 0.15) is 10.6 Å². The van der Waals surface area contributed by atoms with Gasteiger partial charge >= 0.3 is 0 Å². The molecule has 118 valence electrons. The fourth-order valence-corrected chi connectivity index (χ4v) is 4.27. The Labute approximate surface area is 126 Å². The first-order valence-corrected chi connectivity index (χ1v) is 8.70. The van der Waals surface area contributed by atoms with Gasteiger partial charge in [-0.3, -0.25) is 0 Å². The van der Waals surface area contributed by atoms with E-state index in [1.54, 1.807) is 18.2 Å². The molecule has 5 nitrogen and oxygen atoms in total. The Bertz CT molecular complexity index is 594. The van der Waals surface area contributed by atoms with E-state index in [0.717, 1.165) is 5.56 Å². The summed E-state index contributed by atoms with van der Waals surface area (Å²) in [4.78, 5) is 0.161. The van der Waals surface area contributed by atoms with Crippen molar-refractivity contribution in [3.63, 3.8) is 0 Å². The minimum atomic E-state index is -3.63. The van der Waals surface area contributed by atoms with Crippen molar-refractivity contribution >= 4 is 10.0 Å². The molecule has 0 amide bonds. The third-order valence-electron chi connectivity index (χ3n) is 4.07. The Balaban J connectivity index is 2.21. The highest BCUT2D eigenvalue weighted by molar-refractivity contribution is 7.89. The van der Waals surface area contributed by atoms with Crippen LogP contribution in [0.25, 0.3) is 0 Å². The Hall–Kier alpha value is -1.11. The monoisotopic (exact) mass is 313 g/mol. The van der Waals surface area contributed by atoms with Gasteiger partial charge in [-0.05, 0) is 49.8 Å². The largest absolute Gasteiger partial charge is 0.495 e. The highest BCUT2D eigenvalue weighted by Crippen LogP contribution is 2.33. The highest BCUT2D eigenvalue weighted by Gasteiger charge is 2.35. The maximum atomic E-state index is 12.6. The quantitative estimate of drug-likeness (QED) is 0.840. The molecule has 0 saturated heterocycles. The van der Waals surface area contributed by atoms with E-state index in [-0.39, 0.29) is 23.0 Å². The van der Waals surface area contributed by atoms with Crippen LogP contribution in [0.4, 0.5) is 0 Å². The number of aryl methyl sites for hydroxylation is 1. The number of aliphatic hydroxyl groups is 1. The van der Waals surface area contributed by atoms with Crippen molar-refractivity contribution < 1.29 is 18.3 Å². The Morgan fingerprint density at radius 2 is 2.10 bits per heavy atom. The molecule has 21 heavy (non-hydrogen) atoms. The van der Waals surface area contributed by atoms with Crippen LogP contribution in [0, 0.1) is 12.8 Å². The Morgan fingerprint density at radius 3 is 2.62 bits per heavy atom. The lowest BCUT2D eigenvalue weighted by Crippen LogP contribution is -2.46. The molecular formula is C15H23NO4S. The average molecular weight is 313 g/mol. The number of hydrogen-bond acceptors (Lipinski definition) is 4. The summed E-state index contributed by atoms with van der Waals surface area (Å²) in [7, 11) is -2.16. The lowest BCUT2D eigenvalue weighted by molar-refractivity contribution is 0.0277. The summed E-state index contributed by atoms with van der Waals surface area (Å²) in [5, 5.41) is 9.39. The number of hydrogen-bond donors (Lipinski definition) is 2. The summed E-state index contributed by atoms with van der Waals surface area (Å²) < 4.78 is 33.1. The Kier molecular flexibility index (Phi) is 4.91. The van der Waals surface area contributed by atoms with E-state index < -0.39 is 10.0 Å². The third-order valence-corrected chi connectivity index (χ3v) is 5.60. The SMILES string of the molecule is CC[C@H](NS(=O)(=O)c1ccc(C)cc1OC)C1CC(O)C1. The van der Waals surface area contributed by atoms with E-state index in [4.69, 9.17) is 4.74 Å². The summed E-state index contributed by atoms with van der Waals surface area (Å²) in [5.41, 5.74) is 0.944. The molecule has 0 heterocycles. The van der Waals surface area contributed by atoms with Crippen LogP contribution in [0.1, 0.15) is 31.7 Å². The number of methoxy groups -OCH3 is 1. The zero-order valence-electron chi connectivity index (χ0n) is 12.7. The van der Waals surface area contributed by atoms with Crippen molar-refractivity contribution in [1.29, 1.82) is 0 Å². The minimum Gasteiger partial charge on any atom is -0.495 e. The van der Waals surface area contributed by atoms with Crippen molar-refractivity contribution in [2.45, 2.75) is 50.2 Å². The summed E-state index contributed by atoms with van der Waals surface area (Å²) in [6.45, 7) is 3.83. The second-order valence-corrected chi connectivity index (χ2v) is 7.36. The van der Waals surface area contributed by atoms with E-state index in [0.29, 0.717) is 25.0 Å². The molecule has 1 saturated carbocycles. The minimum absolute atomic E-state index is 0.149. The molecule has 1 aliphatic carbocycles. The van der Waals surface area contributed by atoms with Crippen LogP contribution < -0.4 is 9.46 Å². The summed E-state index contributed by atoms with van der Waals surface area (Å²) in [5.74, 6) is 0.558. The lowest BCUT2D eigenvalue weighted by atomic mass is 9.77. The summed E-state index contributed by atoms with van der Waals surface area (Å²) >= 11 is 0. The maximum Gasteiger partial charge on any atom is 0.244 e. The van der Waals surface area contributed by atoms with Crippen LogP contribution in [0.2, 0.25) is 0 Å². The molecule has 1 atom stereocenters. The smallest absolute Gasteiger partial charge is 0.244 e. The van der Waals surface area contributed by atoms with Gasteiger partial charge in [-0.2, -0.15) is 0 Å². The molecule has 0 spiro atoms. The molecule has 1 aromatic carbocycles. The van der Waals surface area contributed by atoms with E-state index >= 15 is 0 Å². The van der Waals surface area contributed by atoms with Gasteiger partial charge in [0.25, 0.3) is 0 Å². The highest BCUT2D eigenvalue weighted by atomic mass is 32.2. The number of ether oxygens (including phenoxy) is 1. The molecule has 2 N–H and O–H groups in total. The van der Waals surface area contributed by atoms with E-state index in [1.807, 2.05) is 13.8 Å². The van der Waals surface area contributed by atoms with E-state index in [1.165, 1.54) is 7.11 Å². The van der Waals surface area contributed by atoms with Crippen LogP contribution in [0.15, 0.2) is 23.1 Å². The summed E-state index contributed by atoms with van der Waals surface area (Å²) in [6, 6.07) is 4.89. The number of aliphatic hydroxyl groups excluding tert-OH is 1. The van der Waals surface area contributed by atoms with E-state index in [2.05, 4.69) is 4.72 Å². The van der Waals surface area contributed by atoms with Crippen molar-refractivity contribution in [3.05, 3.63) is 23.8 Å². The van der Waals surface area contributed by atoms with Gasteiger partial charge in [0, 0.05) is 6.04 Å². The number of benzene rings is 1. The van der Waals surface area contributed by atoms with Gasteiger partial charge in [0.2, 0.25) is 10.0 Å².